The fourth-order valence-corrected chi connectivity index (χ4v) is 3.59. The third-order valence-electron chi connectivity index (χ3n) is 4.87. The molecule has 0 radical (unpaired) electrons. The van der Waals surface area contributed by atoms with Crippen LogP contribution in [0.4, 0.5) is 0 Å². The molecule has 0 unspecified atom stereocenters. The summed E-state index contributed by atoms with van der Waals surface area (Å²) in [6.07, 6.45) is 2.44. The Morgan fingerprint density at radius 2 is 1.85 bits per heavy atom. The van der Waals surface area contributed by atoms with Crippen molar-refractivity contribution in [3.63, 3.8) is 0 Å². The molecule has 2 aliphatic heterocycles. The third-order valence-corrected chi connectivity index (χ3v) is 5.12. The molecule has 2 saturated heterocycles. The van der Waals surface area contributed by atoms with Gasteiger partial charge in [0.2, 0.25) is 0 Å². The topological polar surface area (TPSA) is 58.8 Å². The Labute approximate surface area is 173 Å². The molecule has 0 spiro atoms. The molecule has 2 atom stereocenters. The van der Waals surface area contributed by atoms with Crippen molar-refractivity contribution in [3.05, 3.63) is 34.9 Å². The number of hydrogen-bond donors (Lipinski definition) is 1. The number of benzene rings is 1. The molecule has 0 aromatic heterocycles. The summed E-state index contributed by atoms with van der Waals surface area (Å²) in [4.78, 5) is 17.0. The predicted molar refractivity (Wildman–Crippen MR) is 109 cm³/mol. The van der Waals surface area contributed by atoms with Crippen LogP contribution >= 0.6 is 36.4 Å². The monoisotopic (exact) mass is 423 g/mol. The minimum Gasteiger partial charge on any atom is -0.364 e. The van der Waals surface area contributed by atoms with Gasteiger partial charge in [-0.2, -0.15) is 0 Å². The SMILES string of the molecule is Cl.Cl.NC[C@H]1CC[C@@H](C(=O)N2CCCN(Cc3ccc(Cl)cc3)CC2)O1. The van der Waals surface area contributed by atoms with Crippen molar-refractivity contribution in [2.24, 2.45) is 5.73 Å². The van der Waals surface area contributed by atoms with Crippen molar-refractivity contribution >= 4 is 42.3 Å². The Kier molecular flexibility index (Phi) is 10.2. The van der Waals surface area contributed by atoms with E-state index in [9.17, 15) is 4.79 Å². The van der Waals surface area contributed by atoms with Crippen molar-refractivity contribution in [1.29, 1.82) is 0 Å². The lowest BCUT2D eigenvalue weighted by molar-refractivity contribution is -0.142. The van der Waals surface area contributed by atoms with Gasteiger partial charge in [0.05, 0.1) is 6.10 Å². The zero-order valence-electron chi connectivity index (χ0n) is 14.8. The molecule has 8 heteroatoms. The molecule has 0 saturated carbocycles. The number of hydrogen-bond acceptors (Lipinski definition) is 4. The van der Waals surface area contributed by atoms with E-state index in [1.807, 2.05) is 17.0 Å². The lowest BCUT2D eigenvalue weighted by Crippen LogP contribution is -2.41. The van der Waals surface area contributed by atoms with Crippen molar-refractivity contribution < 1.29 is 9.53 Å². The number of nitrogens with zero attached hydrogens (tertiary/aromatic N) is 2. The van der Waals surface area contributed by atoms with E-state index in [1.165, 1.54) is 5.56 Å². The highest BCUT2D eigenvalue weighted by molar-refractivity contribution is 6.30. The molecule has 0 bridgehead atoms. The highest BCUT2D eigenvalue weighted by atomic mass is 35.5. The first kappa shape index (κ1) is 23.5. The molecule has 2 heterocycles. The van der Waals surface area contributed by atoms with Crippen LogP contribution in [-0.2, 0) is 16.1 Å². The first-order chi connectivity index (χ1) is 11.7. The van der Waals surface area contributed by atoms with Gasteiger partial charge in [-0.1, -0.05) is 23.7 Å². The Bertz CT molecular complexity index is 559. The molecular weight excluding hydrogens is 397 g/mol. The molecule has 3 rings (SSSR count). The molecule has 0 aliphatic carbocycles. The molecule has 1 aromatic rings. The summed E-state index contributed by atoms with van der Waals surface area (Å²) in [5.74, 6) is 0.138. The number of rotatable bonds is 4. The van der Waals surface area contributed by atoms with Crippen LogP contribution in [0.3, 0.4) is 0 Å². The number of nitrogens with two attached hydrogens (primary N) is 1. The fraction of sp³-hybridized carbons (Fsp3) is 0.611. The normalized spacial score (nSPS) is 23.7. The predicted octanol–water partition coefficient (Wildman–Crippen LogP) is 2.72. The maximum Gasteiger partial charge on any atom is 0.251 e. The summed E-state index contributed by atoms with van der Waals surface area (Å²) in [7, 11) is 0. The quantitative estimate of drug-likeness (QED) is 0.807. The Balaban J connectivity index is 0.00000169. The number of carbonyl (C=O) groups excluding carboxylic acids is 1. The van der Waals surface area contributed by atoms with Gasteiger partial charge >= 0.3 is 0 Å². The Morgan fingerprint density at radius 3 is 2.50 bits per heavy atom. The van der Waals surface area contributed by atoms with E-state index in [0.717, 1.165) is 57.0 Å². The van der Waals surface area contributed by atoms with Crippen LogP contribution < -0.4 is 5.73 Å². The van der Waals surface area contributed by atoms with E-state index in [4.69, 9.17) is 22.1 Å². The molecule has 148 valence electrons. The summed E-state index contributed by atoms with van der Waals surface area (Å²) < 4.78 is 5.76. The zero-order valence-corrected chi connectivity index (χ0v) is 17.2. The van der Waals surface area contributed by atoms with E-state index in [-0.39, 0.29) is 42.9 Å². The van der Waals surface area contributed by atoms with Crippen LogP contribution in [0.1, 0.15) is 24.8 Å². The number of halogens is 3. The van der Waals surface area contributed by atoms with Gasteiger partial charge < -0.3 is 15.4 Å². The molecule has 5 nitrogen and oxygen atoms in total. The minimum absolute atomic E-state index is 0. The lowest BCUT2D eigenvalue weighted by atomic mass is 10.2. The van der Waals surface area contributed by atoms with E-state index < -0.39 is 0 Å². The first-order valence-corrected chi connectivity index (χ1v) is 9.14. The van der Waals surface area contributed by atoms with Gasteiger partial charge in [-0.05, 0) is 37.0 Å². The van der Waals surface area contributed by atoms with Crippen LogP contribution in [0.15, 0.2) is 24.3 Å². The van der Waals surface area contributed by atoms with Gasteiger partial charge in [0.1, 0.15) is 6.10 Å². The first-order valence-electron chi connectivity index (χ1n) is 8.77. The average molecular weight is 425 g/mol. The number of amides is 1. The van der Waals surface area contributed by atoms with Gasteiger partial charge in [-0.15, -0.1) is 24.8 Å². The lowest BCUT2D eigenvalue weighted by Gasteiger charge is -2.24. The second-order valence-corrected chi connectivity index (χ2v) is 7.08. The summed E-state index contributed by atoms with van der Waals surface area (Å²) in [6.45, 7) is 4.86. The molecular formula is C18H28Cl3N3O2. The van der Waals surface area contributed by atoms with Crippen molar-refractivity contribution in [2.45, 2.75) is 38.0 Å². The van der Waals surface area contributed by atoms with Crippen LogP contribution in [0.5, 0.6) is 0 Å². The van der Waals surface area contributed by atoms with Gasteiger partial charge in [-0.3, -0.25) is 9.69 Å². The number of ether oxygens (including phenoxy) is 1. The summed E-state index contributed by atoms with van der Waals surface area (Å²) in [5, 5.41) is 0.763. The molecule has 1 amide bonds. The second-order valence-electron chi connectivity index (χ2n) is 6.64. The van der Waals surface area contributed by atoms with Gasteiger partial charge in [0, 0.05) is 44.3 Å². The van der Waals surface area contributed by atoms with E-state index in [0.29, 0.717) is 6.54 Å². The smallest absolute Gasteiger partial charge is 0.251 e. The maximum absolute atomic E-state index is 12.6. The standard InChI is InChI=1S/C18H26ClN3O2.2ClH/c19-15-4-2-14(3-5-15)13-21-8-1-9-22(11-10-21)18(23)17-7-6-16(12-20)24-17;;/h2-5,16-17H,1,6-13,20H2;2*1H/t16-,17+;;/m1../s1. The van der Waals surface area contributed by atoms with E-state index >= 15 is 0 Å². The van der Waals surface area contributed by atoms with Gasteiger partial charge in [0.15, 0.2) is 0 Å². The largest absolute Gasteiger partial charge is 0.364 e. The van der Waals surface area contributed by atoms with Crippen molar-refractivity contribution in [2.75, 3.05) is 32.7 Å². The molecule has 2 fully saturated rings. The maximum atomic E-state index is 12.6. The highest BCUT2D eigenvalue weighted by Gasteiger charge is 2.33. The summed E-state index contributed by atoms with van der Waals surface area (Å²) in [6, 6.07) is 7.98. The van der Waals surface area contributed by atoms with Crippen molar-refractivity contribution in [1.82, 2.24) is 9.80 Å². The third kappa shape index (κ3) is 6.25. The van der Waals surface area contributed by atoms with Gasteiger partial charge in [-0.25, -0.2) is 0 Å². The summed E-state index contributed by atoms with van der Waals surface area (Å²) >= 11 is 5.94. The molecule has 1 aromatic carbocycles. The van der Waals surface area contributed by atoms with Crippen LogP contribution in [0.25, 0.3) is 0 Å². The van der Waals surface area contributed by atoms with Crippen LogP contribution in [0.2, 0.25) is 5.02 Å². The highest BCUT2D eigenvalue weighted by Crippen LogP contribution is 2.21. The van der Waals surface area contributed by atoms with E-state index in [2.05, 4.69) is 17.0 Å². The zero-order chi connectivity index (χ0) is 16.9. The Morgan fingerprint density at radius 1 is 1.12 bits per heavy atom. The van der Waals surface area contributed by atoms with Crippen LogP contribution in [0, 0.1) is 0 Å². The summed E-state index contributed by atoms with van der Waals surface area (Å²) in [5.41, 5.74) is 6.89. The second kappa shape index (κ2) is 11.3. The van der Waals surface area contributed by atoms with Crippen molar-refractivity contribution in [3.8, 4) is 0 Å². The fourth-order valence-electron chi connectivity index (χ4n) is 3.46. The van der Waals surface area contributed by atoms with Crippen LogP contribution in [-0.4, -0.2) is 60.6 Å². The van der Waals surface area contributed by atoms with E-state index in [1.54, 1.807) is 0 Å². The average Bonchev–Trinajstić information content (AvgIpc) is 2.96. The Hall–Kier alpha value is -0.560. The molecule has 2 aliphatic rings. The minimum atomic E-state index is -0.290. The van der Waals surface area contributed by atoms with Gasteiger partial charge in [0.25, 0.3) is 5.91 Å². The number of carbonyl (C=O) groups is 1. The molecule has 2 N–H and O–H groups in total. The molecule has 26 heavy (non-hydrogen) atoms.